The minimum atomic E-state index is 0. The summed E-state index contributed by atoms with van der Waals surface area (Å²) in [6.07, 6.45) is 0. The molecule has 2 aromatic carbocycles. The average molecular weight is 473 g/mol. The minimum Gasteiger partial charge on any atom is -0.493 e. The number of halogens is 1. The second kappa shape index (κ2) is 11.1. The van der Waals surface area contributed by atoms with Crippen LogP contribution in [0.4, 0.5) is 5.69 Å². The second-order valence-electron chi connectivity index (χ2n) is 5.16. The Morgan fingerprint density at radius 1 is 1.12 bits per heavy atom. The van der Waals surface area contributed by atoms with Crippen molar-refractivity contribution >= 4 is 47.4 Å². The third kappa shape index (κ3) is 7.03. The Hall–Kier alpha value is -1.61. The first-order valence-corrected chi connectivity index (χ1v) is 8.51. The number of aliphatic imine (C=N–C) groups is 1. The summed E-state index contributed by atoms with van der Waals surface area (Å²) < 4.78 is 10.5. The van der Waals surface area contributed by atoms with Gasteiger partial charge in [0, 0.05) is 21.9 Å². The summed E-state index contributed by atoms with van der Waals surface area (Å²) in [6.45, 7) is 2.76. The molecule has 2 rings (SSSR count). The Morgan fingerprint density at radius 2 is 1.80 bits per heavy atom. The van der Waals surface area contributed by atoms with Gasteiger partial charge in [-0.1, -0.05) is 25.1 Å². The highest BCUT2D eigenvalue weighted by Crippen LogP contribution is 2.29. The molecule has 0 bridgehead atoms. The molecule has 25 heavy (non-hydrogen) atoms. The van der Waals surface area contributed by atoms with E-state index in [2.05, 4.69) is 29.4 Å². The number of hydrogen-bond donors (Lipinski definition) is 2. The van der Waals surface area contributed by atoms with Gasteiger partial charge < -0.3 is 20.5 Å². The van der Waals surface area contributed by atoms with E-state index in [-0.39, 0.29) is 24.0 Å². The third-order valence-corrected chi connectivity index (χ3v) is 4.35. The Labute approximate surface area is 170 Å². The largest absolute Gasteiger partial charge is 0.493 e. The van der Waals surface area contributed by atoms with E-state index in [0.717, 1.165) is 5.69 Å². The molecule has 136 valence electrons. The van der Waals surface area contributed by atoms with Crippen LogP contribution in [0.25, 0.3) is 0 Å². The number of hydrogen-bond acceptors (Lipinski definition) is 4. The molecule has 0 spiro atoms. The van der Waals surface area contributed by atoms with Gasteiger partial charge in [0.25, 0.3) is 0 Å². The van der Waals surface area contributed by atoms with E-state index in [1.807, 2.05) is 36.4 Å². The van der Waals surface area contributed by atoms with Crippen LogP contribution in [-0.2, 0) is 0 Å². The zero-order valence-corrected chi connectivity index (χ0v) is 17.7. The minimum absolute atomic E-state index is 0. The molecule has 5 nitrogen and oxygen atoms in total. The zero-order valence-electron chi connectivity index (χ0n) is 14.6. The van der Waals surface area contributed by atoms with Crippen LogP contribution in [0.3, 0.4) is 0 Å². The molecule has 2 aromatic rings. The number of guanidine groups is 1. The van der Waals surface area contributed by atoms with E-state index in [4.69, 9.17) is 15.2 Å². The predicted octanol–water partition coefficient (Wildman–Crippen LogP) is 4.23. The number of anilines is 1. The van der Waals surface area contributed by atoms with Gasteiger partial charge >= 0.3 is 0 Å². The number of nitrogens with one attached hydrogen (secondary N) is 1. The van der Waals surface area contributed by atoms with Crippen LogP contribution < -0.4 is 20.5 Å². The summed E-state index contributed by atoms with van der Waals surface area (Å²) in [4.78, 5) is 5.63. The smallest absolute Gasteiger partial charge is 0.193 e. The van der Waals surface area contributed by atoms with Gasteiger partial charge in [0.15, 0.2) is 17.5 Å². The molecule has 7 heteroatoms. The van der Waals surface area contributed by atoms with Crippen molar-refractivity contribution in [2.75, 3.05) is 26.1 Å². The molecular formula is C18H24IN3O2S. The van der Waals surface area contributed by atoms with E-state index < -0.39 is 0 Å². The quantitative estimate of drug-likeness (QED) is 0.273. The fourth-order valence-corrected chi connectivity index (χ4v) is 3.02. The van der Waals surface area contributed by atoms with Crippen molar-refractivity contribution in [3.63, 3.8) is 0 Å². The first-order chi connectivity index (χ1) is 11.6. The van der Waals surface area contributed by atoms with Crippen molar-refractivity contribution in [1.29, 1.82) is 0 Å². The molecule has 0 aromatic heterocycles. The van der Waals surface area contributed by atoms with Crippen molar-refractivity contribution in [3.8, 4) is 11.5 Å². The highest BCUT2D eigenvalue weighted by Gasteiger charge is 2.06. The van der Waals surface area contributed by atoms with Gasteiger partial charge in [-0.15, -0.1) is 35.7 Å². The lowest BCUT2D eigenvalue weighted by Crippen LogP contribution is -2.23. The first-order valence-electron chi connectivity index (χ1n) is 7.63. The number of nitrogens with zero attached hydrogens (tertiary/aromatic N) is 1. The molecule has 0 amide bonds. The van der Waals surface area contributed by atoms with Gasteiger partial charge in [-0.25, -0.2) is 0 Å². The maximum atomic E-state index is 5.97. The number of nitrogens with two attached hydrogens (primary N) is 1. The van der Waals surface area contributed by atoms with Gasteiger partial charge in [-0.2, -0.15) is 0 Å². The van der Waals surface area contributed by atoms with Crippen molar-refractivity contribution in [2.45, 2.75) is 17.1 Å². The highest BCUT2D eigenvalue weighted by atomic mass is 127. The van der Waals surface area contributed by atoms with Gasteiger partial charge in [0.2, 0.25) is 0 Å². The molecule has 1 atom stereocenters. The molecule has 0 aliphatic rings. The number of rotatable bonds is 7. The van der Waals surface area contributed by atoms with Crippen LogP contribution in [0, 0.1) is 0 Å². The van der Waals surface area contributed by atoms with Crippen LogP contribution in [0.1, 0.15) is 6.92 Å². The van der Waals surface area contributed by atoms with Crippen molar-refractivity contribution < 1.29 is 9.47 Å². The number of ether oxygens (including phenoxy) is 2. The summed E-state index contributed by atoms with van der Waals surface area (Å²) in [5.41, 5.74) is 6.77. The van der Waals surface area contributed by atoms with Crippen LogP contribution in [-0.4, -0.2) is 32.0 Å². The third-order valence-electron chi connectivity index (χ3n) is 3.26. The van der Waals surface area contributed by atoms with E-state index in [1.165, 1.54) is 4.90 Å². The van der Waals surface area contributed by atoms with Gasteiger partial charge in [-0.3, -0.25) is 4.99 Å². The topological polar surface area (TPSA) is 68.9 Å². The molecule has 0 saturated carbocycles. The molecule has 0 saturated heterocycles. The molecule has 0 aliphatic carbocycles. The highest BCUT2D eigenvalue weighted by molar-refractivity contribution is 14.0. The van der Waals surface area contributed by atoms with Crippen molar-refractivity contribution in [1.82, 2.24) is 0 Å². The monoisotopic (exact) mass is 473 g/mol. The summed E-state index contributed by atoms with van der Waals surface area (Å²) in [5, 5.41) is 3.40. The summed E-state index contributed by atoms with van der Waals surface area (Å²) in [5.74, 6) is 1.69. The number of methoxy groups -OCH3 is 2. The predicted molar refractivity (Wildman–Crippen MR) is 117 cm³/mol. The van der Waals surface area contributed by atoms with E-state index in [1.54, 1.807) is 26.0 Å². The fraction of sp³-hybridized carbons (Fsp3) is 0.278. The van der Waals surface area contributed by atoms with Gasteiger partial charge in [-0.05, 0) is 24.3 Å². The van der Waals surface area contributed by atoms with Crippen molar-refractivity contribution in [3.05, 3.63) is 48.5 Å². The van der Waals surface area contributed by atoms with Crippen LogP contribution >= 0.6 is 35.7 Å². The van der Waals surface area contributed by atoms with E-state index in [9.17, 15) is 0 Å². The lowest BCUT2D eigenvalue weighted by molar-refractivity contribution is 0.355. The average Bonchev–Trinajstić information content (AvgIpc) is 2.60. The Balaban J connectivity index is 0.00000312. The lowest BCUT2D eigenvalue weighted by Gasteiger charge is -2.12. The number of thioether (sulfide) groups is 1. The van der Waals surface area contributed by atoms with Gasteiger partial charge in [0.05, 0.1) is 20.8 Å². The molecule has 3 N–H and O–H groups in total. The maximum absolute atomic E-state index is 5.97. The van der Waals surface area contributed by atoms with Crippen LogP contribution in [0.5, 0.6) is 11.5 Å². The molecule has 0 aliphatic heterocycles. The molecule has 0 fully saturated rings. The number of benzene rings is 2. The molecular weight excluding hydrogens is 449 g/mol. The normalized spacial score (nSPS) is 12.0. The van der Waals surface area contributed by atoms with E-state index in [0.29, 0.717) is 29.3 Å². The fourth-order valence-electron chi connectivity index (χ4n) is 2.10. The zero-order chi connectivity index (χ0) is 17.4. The molecule has 0 radical (unpaired) electrons. The summed E-state index contributed by atoms with van der Waals surface area (Å²) >= 11 is 1.78. The summed E-state index contributed by atoms with van der Waals surface area (Å²) in [7, 11) is 3.20. The lowest BCUT2D eigenvalue weighted by atomic mass is 10.3. The maximum Gasteiger partial charge on any atom is 0.193 e. The van der Waals surface area contributed by atoms with Crippen LogP contribution in [0.2, 0.25) is 0 Å². The van der Waals surface area contributed by atoms with Crippen molar-refractivity contribution in [2.24, 2.45) is 10.7 Å². The second-order valence-corrected chi connectivity index (χ2v) is 6.67. The SMILES string of the molecule is COc1ccc(NC(N)=NCC(C)Sc2ccccc2)cc1OC.I. The summed E-state index contributed by atoms with van der Waals surface area (Å²) in [6, 6.07) is 15.8. The Morgan fingerprint density at radius 3 is 2.44 bits per heavy atom. The van der Waals surface area contributed by atoms with Gasteiger partial charge in [0.1, 0.15) is 0 Å². The molecule has 0 heterocycles. The molecule has 1 unspecified atom stereocenters. The Kier molecular flexibility index (Phi) is 9.51. The van der Waals surface area contributed by atoms with Crippen LogP contribution in [0.15, 0.2) is 58.4 Å². The standard InChI is InChI=1S/C18H23N3O2S.HI/c1-13(24-15-7-5-4-6-8-15)12-20-18(19)21-14-9-10-16(22-2)17(11-14)23-3;/h4-11,13H,12H2,1-3H3,(H3,19,20,21);1H. The Bertz CT molecular complexity index is 683. The van der Waals surface area contributed by atoms with E-state index >= 15 is 0 Å². The first kappa shape index (κ1) is 21.4.